The quantitative estimate of drug-likeness (QED) is 0.763. The third-order valence-electron chi connectivity index (χ3n) is 1.83. The van der Waals surface area contributed by atoms with E-state index in [1.807, 2.05) is 13.8 Å². The fraction of sp³-hybridized carbons (Fsp3) is 0.417. The van der Waals surface area contributed by atoms with Crippen LogP contribution in [0.3, 0.4) is 0 Å². The number of hydrogen-bond donors (Lipinski definition) is 0. The van der Waals surface area contributed by atoms with Gasteiger partial charge in [0.05, 0.1) is 13.5 Å². The lowest BCUT2D eigenvalue weighted by molar-refractivity contribution is -0.139. The Bertz CT molecular complexity index is 344. The summed E-state index contributed by atoms with van der Waals surface area (Å²) < 4.78 is 15.6. The zero-order chi connectivity index (χ0) is 12.6. The van der Waals surface area contributed by atoms with Crippen LogP contribution < -0.4 is 0 Å². The Morgan fingerprint density at radius 2 is 1.75 bits per heavy atom. The molecule has 1 rings (SSSR count). The van der Waals surface area contributed by atoms with E-state index in [-0.39, 0.29) is 12.4 Å². The van der Waals surface area contributed by atoms with Crippen molar-refractivity contribution in [2.75, 3.05) is 13.4 Å². The maximum absolute atomic E-state index is 11.1. The van der Waals surface area contributed by atoms with E-state index < -0.39 is 10.8 Å². The van der Waals surface area contributed by atoms with E-state index in [0.29, 0.717) is 0 Å². The first-order chi connectivity index (χ1) is 7.63. The van der Waals surface area contributed by atoms with Crippen molar-refractivity contribution in [1.82, 2.24) is 0 Å². The summed E-state index contributed by atoms with van der Waals surface area (Å²) in [4.78, 5) is 11.7. The molecule has 4 heteroatoms. The van der Waals surface area contributed by atoms with Gasteiger partial charge in [0.15, 0.2) is 0 Å². The number of hydrogen-bond acceptors (Lipinski definition) is 3. The highest BCUT2D eigenvalue weighted by molar-refractivity contribution is 7.84. The molecule has 0 radical (unpaired) electrons. The van der Waals surface area contributed by atoms with E-state index in [2.05, 4.69) is 4.74 Å². The fourth-order valence-corrected chi connectivity index (χ4v) is 1.56. The van der Waals surface area contributed by atoms with Gasteiger partial charge in [0.1, 0.15) is 0 Å². The summed E-state index contributed by atoms with van der Waals surface area (Å²) >= 11 is 0. The second-order valence-corrected chi connectivity index (χ2v) is 4.23. The molecule has 0 bridgehead atoms. The fourth-order valence-electron chi connectivity index (χ4n) is 1.04. The van der Waals surface area contributed by atoms with Crippen molar-refractivity contribution in [3.8, 4) is 0 Å². The van der Waals surface area contributed by atoms with Crippen molar-refractivity contribution in [2.24, 2.45) is 0 Å². The summed E-state index contributed by atoms with van der Waals surface area (Å²) in [5.41, 5.74) is 0.867. The molecule has 0 aromatic heterocycles. The van der Waals surface area contributed by atoms with Crippen LogP contribution in [0.15, 0.2) is 29.2 Å². The molecule has 3 nitrogen and oxygen atoms in total. The Hall–Kier alpha value is -1.16. The number of ether oxygens (including phenoxy) is 1. The zero-order valence-electron chi connectivity index (χ0n) is 10.1. The predicted octanol–water partition coefficient (Wildman–Crippen LogP) is 2.17. The molecule has 0 aliphatic heterocycles. The molecule has 1 atom stereocenters. The van der Waals surface area contributed by atoms with Gasteiger partial charge in [-0.05, 0) is 17.7 Å². The third kappa shape index (κ3) is 5.07. The third-order valence-corrected chi connectivity index (χ3v) is 2.77. The molecule has 0 amide bonds. The van der Waals surface area contributed by atoms with Crippen LogP contribution in [0.2, 0.25) is 0 Å². The van der Waals surface area contributed by atoms with Gasteiger partial charge in [0.2, 0.25) is 0 Å². The standard InChI is InChI=1S/C10H12O3S.C2H6/c1-13-10(11)7-8-3-5-9(6-4-8)14(2)12;1-2/h3-6H,7H2,1-2H3;1-2H3. The van der Waals surface area contributed by atoms with Crippen LogP contribution in [0.4, 0.5) is 0 Å². The molecule has 0 heterocycles. The van der Waals surface area contributed by atoms with Crippen LogP contribution in [0.5, 0.6) is 0 Å². The Morgan fingerprint density at radius 1 is 1.25 bits per heavy atom. The van der Waals surface area contributed by atoms with Crippen LogP contribution >= 0.6 is 0 Å². The number of esters is 1. The lowest BCUT2D eigenvalue weighted by Gasteiger charge is -2.00. The Kier molecular flexibility index (Phi) is 7.46. The largest absolute Gasteiger partial charge is 0.469 e. The molecular formula is C12H18O3S. The minimum atomic E-state index is -0.968. The molecule has 90 valence electrons. The summed E-state index contributed by atoms with van der Waals surface area (Å²) in [6.07, 6.45) is 1.88. The summed E-state index contributed by atoms with van der Waals surface area (Å²) in [6.45, 7) is 4.00. The minimum absolute atomic E-state index is 0.257. The molecule has 1 aromatic rings. The molecular weight excluding hydrogens is 224 g/mol. The zero-order valence-corrected chi connectivity index (χ0v) is 11.0. The van der Waals surface area contributed by atoms with E-state index >= 15 is 0 Å². The number of methoxy groups -OCH3 is 1. The molecule has 16 heavy (non-hydrogen) atoms. The highest BCUT2D eigenvalue weighted by atomic mass is 32.2. The van der Waals surface area contributed by atoms with Crippen LogP contribution in [-0.4, -0.2) is 23.5 Å². The van der Waals surface area contributed by atoms with Crippen LogP contribution in [0, 0.1) is 0 Å². The van der Waals surface area contributed by atoms with E-state index in [9.17, 15) is 9.00 Å². The molecule has 0 saturated heterocycles. The molecule has 0 N–H and O–H groups in total. The maximum Gasteiger partial charge on any atom is 0.309 e. The van der Waals surface area contributed by atoms with Gasteiger partial charge in [-0.25, -0.2) is 0 Å². The predicted molar refractivity (Wildman–Crippen MR) is 65.8 cm³/mol. The summed E-state index contributed by atoms with van der Waals surface area (Å²) in [7, 11) is 0.391. The second-order valence-electron chi connectivity index (χ2n) is 2.85. The van der Waals surface area contributed by atoms with Crippen molar-refractivity contribution in [2.45, 2.75) is 25.2 Å². The normalized spacial score (nSPS) is 11.0. The molecule has 0 aliphatic carbocycles. The van der Waals surface area contributed by atoms with Gasteiger partial charge in [-0.3, -0.25) is 9.00 Å². The molecule has 0 saturated carbocycles. The average Bonchev–Trinajstić information content (AvgIpc) is 2.32. The maximum atomic E-state index is 11.1. The van der Waals surface area contributed by atoms with Crippen molar-refractivity contribution < 1.29 is 13.7 Å². The molecule has 0 fully saturated rings. The summed E-state index contributed by atoms with van der Waals surface area (Å²) in [6, 6.07) is 7.09. The van der Waals surface area contributed by atoms with Crippen molar-refractivity contribution in [1.29, 1.82) is 0 Å². The van der Waals surface area contributed by atoms with Crippen LogP contribution in [0.25, 0.3) is 0 Å². The average molecular weight is 242 g/mol. The van der Waals surface area contributed by atoms with Gasteiger partial charge in [-0.15, -0.1) is 0 Å². The number of rotatable bonds is 3. The Balaban J connectivity index is 0.00000106. The highest BCUT2D eigenvalue weighted by Crippen LogP contribution is 2.08. The van der Waals surface area contributed by atoms with Gasteiger partial charge in [0, 0.05) is 22.0 Å². The second kappa shape index (κ2) is 8.05. The van der Waals surface area contributed by atoms with Gasteiger partial charge >= 0.3 is 5.97 Å². The number of benzene rings is 1. The smallest absolute Gasteiger partial charge is 0.309 e. The summed E-state index contributed by atoms with van der Waals surface area (Å²) in [5.74, 6) is -0.268. The lowest BCUT2D eigenvalue weighted by atomic mass is 10.2. The van der Waals surface area contributed by atoms with Gasteiger partial charge in [0.25, 0.3) is 0 Å². The molecule has 0 aliphatic rings. The van der Waals surface area contributed by atoms with E-state index in [4.69, 9.17) is 0 Å². The number of carbonyl (C=O) groups excluding carboxylic acids is 1. The van der Waals surface area contributed by atoms with E-state index in [1.54, 1.807) is 30.5 Å². The Morgan fingerprint density at radius 3 is 2.12 bits per heavy atom. The topological polar surface area (TPSA) is 43.4 Å². The number of carbonyl (C=O) groups is 1. The summed E-state index contributed by atoms with van der Waals surface area (Å²) in [5, 5.41) is 0. The lowest BCUT2D eigenvalue weighted by Crippen LogP contribution is -2.04. The first-order valence-electron chi connectivity index (χ1n) is 5.12. The van der Waals surface area contributed by atoms with Crippen molar-refractivity contribution >= 4 is 16.8 Å². The van der Waals surface area contributed by atoms with Crippen molar-refractivity contribution in [3.05, 3.63) is 29.8 Å². The first-order valence-corrected chi connectivity index (χ1v) is 6.68. The Labute approximate surface area is 99.3 Å². The molecule has 1 unspecified atom stereocenters. The van der Waals surface area contributed by atoms with Crippen LogP contribution in [-0.2, 0) is 26.8 Å². The van der Waals surface area contributed by atoms with Gasteiger partial charge < -0.3 is 4.74 Å². The van der Waals surface area contributed by atoms with Gasteiger partial charge in [-0.2, -0.15) is 0 Å². The van der Waals surface area contributed by atoms with E-state index in [1.165, 1.54) is 7.11 Å². The molecule has 0 spiro atoms. The van der Waals surface area contributed by atoms with Crippen LogP contribution in [0.1, 0.15) is 19.4 Å². The van der Waals surface area contributed by atoms with Gasteiger partial charge in [-0.1, -0.05) is 26.0 Å². The molecule has 1 aromatic carbocycles. The monoisotopic (exact) mass is 242 g/mol. The highest BCUT2D eigenvalue weighted by Gasteiger charge is 2.03. The first kappa shape index (κ1) is 14.8. The minimum Gasteiger partial charge on any atom is -0.469 e. The SMILES string of the molecule is CC.COC(=O)Cc1ccc(S(C)=O)cc1. The van der Waals surface area contributed by atoms with E-state index in [0.717, 1.165) is 10.5 Å². The van der Waals surface area contributed by atoms with Crippen molar-refractivity contribution in [3.63, 3.8) is 0 Å².